The summed E-state index contributed by atoms with van der Waals surface area (Å²) in [5, 5.41) is 0. The Balaban J connectivity index is 2.13. The van der Waals surface area contributed by atoms with E-state index < -0.39 is 0 Å². The van der Waals surface area contributed by atoms with Gasteiger partial charge in [0.15, 0.2) is 5.43 Å². The molecule has 1 atom stereocenters. The number of nitrogens with one attached hydrogen (secondary N) is 1. The van der Waals surface area contributed by atoms with Gasteiger partial charge in [0.25, 0.3) is 5.91 Å². The molecule has 0 radical (unpaired) electrons. The summed E-state index contributed by atoms with van der Waals surface area (Å²) < 4.78 is 5.54. The maximum absolute atomic E-state index is 12.3. The Hall–Kier alpha value is -1.62. The summed E-state index contributed by atoms with van der Waals surface area (Å²) in [6.45, 7) is 5.60. The van der Waals surface area contributed by atoms with Gasteiger partial charge in [0.2, 0.25) is 0 Å². The second kappa shape index (κ2) is 6.02. The highest BCUT2D eigenvalue weighted by Crippen LogP contribution is 2.14. The fraction of sp³-hybridized carbons (Fsp3) is 0.571. The number of amides is 1. The van der Waals surface area contributed by atoms with Crippen molar-refractivity contribution in [2.75, 3.05) is 19.7 Å². The van der Waals surface area contributed by atoms with Crippen molar-refractivity contribution in [1.82, 2.24) is 9.88 Å². The summed E-state index contributed by atoms with van der Waals surface area (Å²) in [6.07, 6.45) is 3.63. The summed E-state index contributed by atoms with van der Waals surface area (Å²) in [6, 6.07) is 1.45. The molecule has 0 spiro atoms. The minimum atomic E-state index is -0.230. The van der Waals surface area contributed by atoms with Gasteiger partial charge in [-0.25, -0.2) is 0 Å². The van der Waals surface area contributed by atoms with Gasteiger partial charge in [-0.2, -0.15) is 0 Å². The minimum Gasteiger partial charge on any atom is -0.376 e. The normalized spacial score (nSPS) is 18.5. The van der Waals surface area contributed by atoms with Gasteiger partial charge in [-0.05, 0) is 26.7 Å². The molecular weight excluding hydrogens is 244 g/mol. The number of carbonyl (C=O) groups is 1. The number of rotatable bonds is 4. The first-order valence-corrected chi connectivity index (χ1v) is 6.72. The fourth-order valence-electron chi connectivity index (χ4n) is 2.30. The summed E-state index contributed by atoms with van der Waals surface area (Å²) in [5.41, 5.74) is 0.723. The van der Waals surface area contributed by atoms with E-state index in [-0.39, 0.29) is 23.0 Å². The molecule has 1 aromatic heterocycles. The summed E-state index contributed by atoms with van der Waals surface area (Å²) in [7, 11) is 0. The average molecular weight is 264 g/mol. The smallest absolute Gasteiger partial charge is 0.259 e. The van der Waals surface area contributed by atoms with Crippen LogP contribution in [0.5, 0.6) is 0 Å². The van der Waals surface area contributed by atoms with E-state index in [1.165, 1.54) is 12.3 Å². The number of ether oxygens (including phenoxy) is 1. The second-order valence-corrected chi connectivity index (χ2v) is 4.87. The highest BCUT2D eigenvalue weighted by atomic mass is 16.5. The van der Waals surface area contributed by atoms with Crippen LogP contribution in [0.3, 0.4) is 0 Å². The number of likely N-dealkylation sites (N-methyl/N-ethyl adjacent to an activating group) is 1. The van der Waals surface area contributed by atoms with Crippen molar-refractivity contribution < 1.29 is 9.53 Å². The maximum Gasteiger partial charge on any atom is 0.259 e. The predicted octanol–water partition coefficient (Wildman–Crippen LogP) is 1.32. The number of carbonyl (C=O) groups excluding carboxylic acids is 1. The lowest BCUT2D eigenvalue weighted by atomic mass is 10.2. The number of pyridine rings is 1. The lowest BCUT2D eigenvalue weighted by molar-refractivity contribution is 0.0538. The van der Waals surface area contributed by atoms with Crippen LogP contribution in [0, 0.1) is 6.92 Å². The first kappa shape index (κ1) is 13.8. The molecule has 0 bridgehead atoms. The second-order valence-electron chi connectivity index (χ2n) is 4.87. The van der Waals surface area contributed by atoms with Gasteiger partial charge in [0.1, 0.15) is 5.56 Å². The summed E-state index contributed by atoms with van der Waals surface area (Å²) in [5.74, 6) is -0.223. The van der Waals surface area contributed by atoms with Gasteiger partial charge in [-0.15, -0.1) is 0 Å². The van der Waals surface area contributed by atoms with E-state index in [1.807, 2.05) is 6.92 Å². The lowest BCUT2D eigenvalue weighted by Gasteiger charge is -2.23. The van der Waals surface area contributed by atoms with E-state index in [9.17, 15) is 9.59 Å². The zero-order valence-electron chi connectivity index (χ0n) is 11.4. The third-order valence-electron chi connectivity index (χ3n) is 3.40. The topological polar surface area (TPSA) is 62.4 Å². The highest BCUT2D eigenvalue weighted by molar-refractivity contribution is 5.93. The number of hydrogen-bond donors (Lipinski definition) is 1. The molecule has 0 aliphatic carbocycles. The lowest BCUT2D eigenvalue weighted by Crippen LogP contribution is -2.39. The van der Waals surface area contributed by atoms with Crippen molar-refractivity contribution in [3.05, 3.63) is 33.7 Å². The summed E-state index contributed by atoms with van der Waals surface area (Å²) >= 11 is 0. The van der Waals surface area contributed by atoms with Gasteiger partial charge in [0.05, 0.1) is 6.10 Å². The molecule has 2 heterocycles. The molecule has 1 saturated heterocycles. The molecule has 0 saturated carbocycles. The van der Waals surface area contributed by atoms with Crippen molar-refractivity contribution in [2.24, 2.45) is 0 Å². The third kappa shape index (κ3) is 3.23. The zero-order chi connectivity index (χ0) is 13.8. The molecule has 104 valence electrons. The molecule has 0 aromatic carbocycles. The molecular formula is C14H20N2O3. The number of aromatic amines is 1. The molecule has 5 heteroatoms. The molecule has 1 amide bonds. The SMILES string of the molecule is CCN(CC1CCCO1)C(=O)c1c[nH]c(C)cc1=O. The van der Waals surface area contributed by atoms with E-state index in [0.29, 0.717) is 13.1 Å². The quantitative estimate of drug-likeness (QED) is 0.892. The van der Waals surface area contributed by atoms with E-state index >= 15 is 0 Å². The van der Waals surface area contributed by atoms with Crippen LogP contribution in [0.25, 0.3) is 0 Å². The van der Waals surface area contributed by atoms with Crippen LogP contribution in [0.2, 0.25) is 0 Å². The van der Waals surface area contributed by atoms with Gasteiger partial charge < -0.3 is 14.6 Å². The average Bonchev–Trinajstić information content (AvgIpc) is 2.88. The largest absolute Gasteiger partial charge is 0.376 e. The highest BCUT2D eigenvalue weighted by Gasteiger charge is 2.23. The molecule has 1 aliphatic heterocycles. The Bertz CT molecular complexity index is 504. The Morgan fingerprint density at radius 1 is 1.58 bits per heavy atom. The van der Waals surface area contributed by atoms with E-state index in [4.69, 9.17) is 4.74 Å². The number of hydrogen-bond acceptors (Lipinski definition) is 3. The number of H-pyrrole nitrogens is 1. The van der Waals surface area contributed by atoms with Crippen LogP contribution in [0.1, 0.15) is 35.8 Å². The maximum atomic E-state index is 12.3. The monoisotopic (exact) mass is 264 g/mol. The van der Waals surface area contributed by atoms with Crippen LogP contribution in [-0.2, 0) is 4.74 Å². The number of aromatic nitrogens is 1. The van der Waals surface area contributed by atoms with Crippen LogP contribution < -0.4 is 5.43 Å². The van der Waals surface area contributed by atoms with Gasteiger partial charge in [-0.1, -0.05) is 0 Å². The molecule has 5 nitrogen and oxygen atoms in total. The van der Waals surface area contributed by atoms with Gasteiger partial charge in [0, 0.05) is 37.7 Å². The Labute approximate surface area is 112 Å². The Morgan fingerprint density at radius 2 is 2.37 bits per heavy atom. The van der Waals surface area contributed by atoms with Gasteiger partial charge >= 0.3 is 0 Å². The van der Waals surface area contributed by atoms with E-state index in [1.54, 1.807) is 11.8 Å². The van der Waals surface area contributed by atoms with Crippen LogP contribution >= 0.6 is 0 Å². The standard InChI is InChI=1S/C14H20N2O3/c1-3-16(9-11-5-4-6-19-11)14(18)12-8-15-10(2)7-13(12)17/h7-8,11H,3-6,9H2,1-2H3,(H,15,17). The van der Waals surface area contributed by atoms with Crippen LogP contribution in [0.4, 0.5) is 0 Å². The molecule has 19 heavy (non-hydrogen) atoms. The van der Waals surface area contributed by atoms with Crippen LogP contribution in [-0.4, -0.2) is 41.6 Å². The van der Waals surface area contributed by atoms with Crippen molar-refractivity contribution in [1.29, 1.82) is 0 Å². The van der Waals surface area contributed by atoms with E-state index in [0.717, 1.165) is 25.1 Å². The molecule has 1 aromatic rings. The molecule has 1 N–H and O–H groups in total. The van der Waals surface area contributed by atoms with Gasteiger partial charge in [-0.3, -0.25) is 9.59 Å². The zero-order valence-corrected chi connectivity index (χ0v) is 11.4. The number of aryl methyl sites for hydroxylation is 1. The van der Waals surface area contributed by atoms with Crippen molar-refractivity contribution in [2.45, 2.75) is 32.8 Å². The first-order chi connectivity index (χ1) is 9.11. The Morgan fingerprint density at radius 3 is 2.95 bits per heavy atom. The molecule has 1 aliphatic rings. The molecule has 1 fully saturated rings. The summed E-state index contributed by atoms with van der Waals surface area (Å²) in [4.78, 5) is 28.8. The van der Waals surface area contributed by atoms with Crippen molar-refractivity contribution in [3.63, 3.8) is 0 Å². The Kier molecular flexibility index (Phi) is 4.37. The van der Waals surface area contributed by atoms with Crippen LogP contribution in [0.15, 0.2) is 17.1 Å². The minimum absolute atomic E-state index is 0.105. The fourth-order valence-corrected chi connectivity index (χ4v) is 2.30. The first-order valence-electron chi connectivity index (χ1n) is 6.72. The molecule has 1 unspecified atom stereocenters. The van der Waals surface area contributed by atoms with Crippen molar-refractivity contribution in [3.8, 4) is 0 Å². The number of nitrogens with zero attached hydrogens (tertiary/aromatic N) is 1. The molecule has 2 rings (SSSR count). The van der Waals surface area contributed by atoms with E-state index in [2.05, 4.69) is 4.98 Å². The third-order valence-corrected chi connectivity index (χ3v) is 3.40. The predicted molar refractivity (Wildman–Crippen MR) is 72.4 cm³/mol. The van der Waals surface area contributed by atoms with Crippen molar-refractivity contribution >= 4 is 5.91 Å².